The molecule has 1 aliphatic carbocycles. The van der Waals surface area contributed by atoms with E-state index in [0.717, 1.165) is 11.5 Å². The van der Waals surface area contributed by atoms with Crippen molar-refractivity contribution in [1.29, 1.82) is 0 Å². The molecule has 6 heteroatoms. The van der Waals surface area contributed by atoms with Gasteiger partial charge in [-0.1, -0.05) is 30.3 Å². The summed E-state index contributed by atoms with van der Waals surface area (Å²) in [7, 11) is 3.81. The quantitative estimate of drug-likeness (QED) is 0.454. The lowest BCUT2D eigenvalue weighted by Gasteiger charge is -2.20. The van der Waals surface area contributed by atoms with E-state index in [2.05, 4.69) is 10.3 Å². The second-order valence-electron chi connectivity index (χ2n) is 5.87. The first kappa shape index (κ1) is 19.1. The van der Waals surface area contributed by atoms with Gasteiger partial charge in [0.25, 0.3) is 0 Å². The second-order valence-corrected chi connectivity index (χ2v) is 5.87. The normalized spacial score (nSPS) is 20.4. The fraction of sp³-hybridized carbons (Fsp3) is 0.562. The average Bonchev–Trinajstić information content (AvgIpc) is 2.79. The summed E-state index contributed by atoms with van der Waals surface area (Å²) in [5.74, 6) is -1.71. The number of halogens is 3. The summed E-state index contributed by atoms with van der Waals surface area (Å²) in [5, 5.41) is 3.21. The van der Waals surface area contributed by atoms with Gasteiger partial charge in [0, 0.05) is 33.5 Å². The van der Waals surface area contributed by atoms with Crippen LogP contribution in [0.2, 0.25) is 0 Å². The first-order valence-electron chi connectivity index (χ1n) is 7.34. The van der Waals surface area contributed by atoms with Gasteiger partial charge in [-0.2, -0.15) is 0 Å². The minimum atomic E-state index is -2.48. The van der Waals surface area contributed by atoms with Gasteiger partial charge in [0.05, 0.1) is 6.54 Å². The SMILES string of the molecule is CN(C)C(=NCc1ccccc1)NCC1CCC(F)(F)C1.I. The van der Waals surface area contributed by atoms with Crippen LogP contribution < -0.4 is 5.32 Å². The van der Waals surface area contributed by atoms with Crippen molar-refractivity contribution in [2.75, 3.05) is 20.6 Å². The Bertz CT molecular complexity index is 478. The van der Waals surface area contributed by atoms with Crippen LogP contribution >= 0.6 is 24.0 Å². The molecule has 0 aliphatic heterocycles. The lowest BCUT2D eigenvalue weighted by atomic mass is 10.1. The molecule has 2 rings (SSSR count). The van der Waals surface area contributed by atoms with Gasteiger partial charge in [-0.3, -0.25) is 0 Å². The molecule has 0 saturated heterocycles. The molecule has 3 nitrogen and oxygen atoms in total. The van der Waals surface area contributed by atoms with Crippen LogP contribution in [-0.2, 0) is 6.54 Å². The lowest BCUT2D eigenvalue weighted by Crippen LogP contribution is -2.39. The summed E-state index contributed by atoms with van der Waals surface area (Å²) < 4.78 is 26.4. The Kier molecular flexibility index (Phi) is 7.52. The van der Waals surface area contributed by atoms with Crippen LogP contribution in [0.25, 0.3) is 0 Å². The highest BCUT2D eigenvalue weighted by Crippen LogP contribution is 2.38. The summed E-state index contributed by atoms with van der Waals surface area (Å²) in [5.41, 5.74) is 1.13. The fourth-order valence-corrected chi connectivity index (χ4v) is 2.56. The van der Waals surface area contributed by atoms with Gasteiger partial charge in [0.15, 0.2) is 5.96 Å². The van der Waals surface area contributed by atoms with Crippen molar-refractivity contribution in [3.8, 4) is 0 Å². The molecule has 124 valence electrons. The number of guanidine groups is 1. The van der Waals surface area contributed by atoms with Crippen molar-refractivity contribution >= 4 is 29.9 Å². The maximum atomic E-state index is 13.2. The lowest BCUT2D eigenvalue weighted by molar-refractivity contribution is 0.00522. The van der Waals surface area contributed by atoms with Crippen molar-refractivity contribution < 1.29 is 8.78 Å². The Morgan fingerprint density at radius 2 is 2.00 bits per heavy atom. The van der Waals surface area contributed by atoms with Crippen molar-refractivity contribution in [3.05, 3.63) is 35.9 Å². The smallest absolute Gasteiger partial charge is 0.248 e. The molecule has 22 heavy (non-hydrogen) atoms. The van der Waals surface area contributed by atoms with Crippen LogP contribution in [0.15, 0.2) is 35.3 Å². The molecular formula is C16H24F2IN3. The number of benzene rings is 1. The van der Waals surface area contributed by atoms with Crippen LogP contribution in [0, 0.1) is 5.92 Å². The zero-order valence-electron chi connectivity index (χ0n) is 13.1. The van der Waals surface area contributed by atoms with Gasteiger partial charge < -0.3 is 10.2 Å². The van der Waals surface area contributed by atoms with Crippen LogP contribution in [0.3, 0.4) is 0 Å². The largest absolute Gasteiger partial charge is 0.356 e. The number of nitrogens with zero attached hydrogens (tertiary/aromatic N) is 2. The molecule has 0 aromatic heterocycles. The molecule has 0 bridgehead atoms. The molecule has 0 spiro atoms. The third kappa shape index (κ3) is 6.06. The van der Waals surface area contributed by atoms with Gasteiger partial charge in [-0.25, -0.2) is 13.8 Å². The third-order valence-corrected chi connectivity index (χ3v) is 3.73. The summed E-state index contributed by atoms with van der Waals surface area (Å²) in [6, 6.07) is 9.98. The third-order valence-electron chi connectivity index (χ3n) is 3.73. The Morgan fingerprint density at radius 3 is 2.55 bits per heavy atom. The van der Waals surface area contributed by atoms with E-state index in [-0.39, 0.29) is 42.7 Å². The van der Waals surface area contributed by atoms with E-state index >= 15 is 0 Å². The number of nitrogens with one attached hydrogen (secondary N) is 1. The molecular weight excluding hydrogens is 399 g/mol. The number of alkyl halides is 2. The van der Waals surface area contributed by atoms with Gasteiger partial charge in [0.2, 0.25) is 5.92 Å². The van der Waals surface area contributed by atoms with Gasteiger partial charge >= 0.3 is 0 Å². The van der Waals surface area contributed by atoms with E-state index in [1.165, 1.54) is 0 Å². The first-order valence-corrected chi connectivity index (χ1v) is 7.34. The molecule has 1 unspecified atom stereocenters. The van der Waals surface area contributed by atoms with E-state index in [0.29, 0.717) is 19.5 Å². The fourth-order valence-electron chi connectivity index (χ4n) is 2.56. The first-order chi connectivity index (χ1) is 9.96. The summed E-state index contributed by atoms with van der Waals surface area (Å²) >= 11 is 0. The number of rotatable bonds is 4. The van der Waals surface area contributed by atoms with E-state index in [1.807, 2.05) is 49.3 Å². The Labute approximate surface area is 148 Å². The predicted octanol–water partition coefficient (Wildman–Crippen LogP) is 3.75. The maximum Gasteiger partial charge on any atom is 0.248 e. The van der Waals surface area contributed by atoms with Gasteiger partial charge in [0.1, 0.15) is 0 Å². The highest BCUT2D eigenvalue weighted by Gasteiger charge is 2.39. The van der Waals surface area contributed by atoms with Crippen molar-refractivity contribution in [1.82, 2.24) is 10.2 Å². The summed E-state index contributed by atoms with van der Waals surface area (Å²) in [4.78, 5) is 6.42. The molecule has 1 atom stereocenters. The van der Waals surface area contributed by atoms with Crippen LogP contribution in [-0.4, -0.2) is 37.4 Å². The van der Waals surface area contributed by atoms with E-state index in [4.69, 9.17) is 0 Å². The number of hydrogen-bond donors (Lipinski definition) is 1. The van der Waals surface area contributed by atoms with Crippen molar-refractivity contribution in [3.63, 3.8) is 0 Å². The average molecular weight is 423 g/mol. The Hall–Kier alpha value is -0.920. The highest BCUT2D eigenvalue weighted by atomic mass is 127. The predicted molar refractivity (Wildman–Crippen MR) is 97.0 cm³/mol. The molecule has 1 saturated carbocycles. The minimum absolute atomic E-state index is 0. The van der Waals surface area contributed by atoms with Crippen molar-refractivity contribution in [2.45, 2.75) is 31.7 Å². The molecule has 0 amide bonds. The molecule has 1 fully saturated rings. The maximum absolute atomic E-state index is 13.2. The minimum Gasteiger partial charge on any atom is -0.356 e. The highest BCUT2D eigenvalue weighted by molar-refractivity contribution is 14.0. The standard InChI is InChI=1S/C16H23F2N3.HI/c1-21(2)15(19-11-13-6-4-3-5-7-13)20-12-14-8-9-16(17,18)10-14;/h3-7,14H,8-12H2,1-2H3,(H,19,20);1H. The molecule has 1 aromatic rings. The van der Waals surface area contributed by atoms with E-state index in [9.17, 15) is 8.78 Å². The van der Waals surface area contributed by atoms with Crippen LogP contribution in [0.1, 0.15) is 24.8 Å². The van der Waals surface area contributed by atoms with Gasteiger partial charge in [-0.05, 0) is 17.9 Å². The molecule has 1 N–H and O–H groups in total. The van der Waals surface area contributed by atoms with Gasteiger partial charge in [-0.15, -0.1) is 24.0 Å². The summed E-state index contributed by atoms with van der Waals surface area (Å²) in [6.45, 7) is 1.14. The van der Waals surface area contributed by atoms with Crippen LogP contribution in [0.4, 0.5) is 8.78 Å². The van der Waals surface area contributed by atoms with E-state index < -0.39 is 5.92 Å². The Balaban J connectivity index is 0.00000242. The Morgan fingerprint density at radius 1 is 1.32 bits per heavy atom. The zero-order chi connectivity index (χ0) is 15.3. The van der Waals surface area contributed by atoms with E-state index in [1.54, 1.807) is 0 Å². The zero-order valence-corrected chi connectivity index (χ0v) is 15.4. The molecule has 1 aromatic carbocycles. The second kappa shape index (κ2) is 8.64. The molecule has 1 aliphatic rings. The molecule has 0 radical (unpaired) electrons. The van der Waals surface area contributed by atoms with Crippen LogP contribution in [0.5, 0.6) is 0 Å². The van der Waals surface area contributed by atoms with Crippen molar-refractivity contribution in [2.24, 2.45) is 10.9 Å². The molecule has 0 heterocycles. The number of hydrogen-bond acceptors (Lipinski definition) is 1. The monoisotopic (exact) mass is 423 g/mol. The summed E-state index contributed by atoms with van der Waals surface area (Å²) in [6.07, 6.45) is 0.580. The number of aliphatic imine (C=N–C) groups is 1. The topological polar surface area (TPSA) is 27.6 Å².